The van der Waals surface area contributed by atoms with Gasteiger partial charge in [-0.15, -0.1) is 0 Å². The highest BCUT2D eigenvalue weighted by atomic mass is 16.1. The van der Waals surface area contributed by atoms with Crippen molar-refractivity contribution in [3.63, 3.8) is 0 Å². The molecule has 0 saturated heterocycles. The van der Waals surface area contributed by atoms with E-state index in [2.05, 4.69) is 50.2 Å². The Kier molecular flexibility index (Phi) is 9.57. The van der Waals surface area contributed by atoms with Crippen LogP contribution >= 0.6 is 0 Å². The molecule has 0 bridgehead atoms. The smallest absolute Gasteiger partial charge is 0.159 e. The predicted molar refractivity (Wildman–Crippen MR) is 139 cm³/mol. The summed E-state index contributed by atoms with van der Waals surface area (Å²) in [6.07, 6.45) is 18.4. The first-order valence-electron chi connectivity index (χ1n) is 13.4. The van der Waals surface area contributed by atoms with E-state index in [0.717, 1.165) is 5.56 Å². The minimum atomic E-state index is 0.0763. The van der Waals surface area contributed by atoms with Crippen LogP contribution in [0.15, 0.2) is 42.5 Å². The first kappa shape index (κ1) is 24.7. The topological polar surface area (TPSA) is 17.1 Å². The summed E-state index contributed by atoms with van der Waals surface area (Å²) < 4.78 is 0. The number of unbranched alkanes of at least 4 members (excludes halogenated alkanes) is 10. The van der Waals surface area contributed by atoms with Crippen molar-refractivity contribution in [1.82, 2.24) is 0 Å². The van der Waals surface area contributed by atoms with E-state index >= 15 is 0 Å². The van der Waals surface area contributed by atoms with Crippen molar-refractivity contribution in [2.24, 2.45) is 0 Å². The molecule has 0 heterocycles. The van der Waals surface area contributed by atoms with Crippen molar-refractivity contribution < 1.29 is 4.79 Å². The van der Waals surface area contributed by atoms with Crippen LogP contribution in [0.25, 0.3) is 11.1 Å². The Balaban J connectivity index is 1.87. The fraction of sp³-hybridized carbons (Fsp3) is 0.581. The van der Waals surface area contributed by atoms with Crippen molar-refractivity contribution in [3.05, 3.63) is 59.2 Å². The Labute approximate surface area is 197 Å². The van der Waals surface area contributed by atoms with Gasteiger partial charge in [-0.2, -0.15) is 0 Å². The van der Waals surface area contributed by atoms with E-state index in [0.29, 0.717) is 0 Å². The summed E-state index contributed by atoms with van der Waals surface area (Å²) in [5.41, 5.74) is 6.64. The molecule has 1 nitrogen and oxygen atoms in total. The SMILES string of the molecule is CCCCCCCCC1(CCCCCCCC)c2ccccc2-c2ccc(C(C)=O)cc21. The van der Waals surface area contributed by atoms with Gasteiger partial charge in [0.25, 0.3) is 0 Å². The number of carbonyl (C=O) groups excluding carboxylic acids is 1. The van der Waals surface area contributed by atoms with Crippen LogP contribution in [0.4, 0.5) is 0 Å². The van der Waals surface area contributed by atoms with Crippen molar-refractivity contribution in [1.29, 1.82) is 0 Å². The number of fused-ring (bicyclic) bond motifs is 3. The summed E-state index contributed by atoms with van der Waals surface area (Å²) in [6.45, 7) is 6.27. The van der Waals surface area contributed by atoms with Crippen LogP contribution in [0.5, 0.6) is 0 Å². The maximum absolute atomic E-state index is 12.3. The van der Waals surface area contributed by atoms with Crippen LogP contribution in [-0.2, 0) is 5.41 Å². The lowest BCUT2D eigenvalue weighted by atomic mass is 9.70. The second-order valence-electron chi connectivity index (χ2n) is 9.98. The maximum atomic E-state index is 12.3. The van der Waals surface area contributed by atoms with Crippen LogP contribution in [-0.4, -0.2) is 5.78 Å². The number of Topliss-reactive ketones (excluding diaryl/α,β-unsaturated/α-hetero) is 1. The molecule has 0 saturated carbocycles. The van der Waals surface area contributed by atoms with Crippen molar-refractivity contribution in [3.8, 4) is 11.1 Å². The van der Waals surface area contributed by atoms with Gasteiger partial charge in [0.15, 0.2) is 5.78 Å². The van der Waals surface area contributed by atoms with Gasteiger partial charge in [0.05, 0.1) is 0 Å². The molecule has 2 aromatic carbocycles. The van der Waals surface area contributed by atoms with Gasteiger partial charge >= 0.3 is 0 Å². The average molecular weight is 433 g/mol. The summed E-state index contributed by atoms with van der Waals surface area (Å²) in [5.74, 6) is 0.178. The second kappa shape index (κ2) is 12.4. The van der Waals surface area contributed by atoms with E-state index in [1.54, 1.807) is 6.92 Å². The second-order valence-corrected chi connectivity index (χ2v) is 9.98. The van der Waals surface area contributed by atoms with Gasteiger partial charge in [-0.25, -0.2) is 0 Å². The number of ketones is 1. The maximum Gasteiger partial charge on any atom is 0.159 e. The molecule has 174 valence electrons. The third-order valence-corrected chi connectivity index (χ3v) is 7.59. The van der Waals surface area contributed by atoms with E-state index in [-0.39, 0.29) is 11.2 Å². The van der Waals surface area contributed by atoms with Crippen LogP contribution in [0.3, 0.4) is 0 Å². The lowest BCUT2D eigenvalue weighted by molar-refractivity contribution is 0.101. The van der Waals surface area contributed by atoms with Crippen molar-refractivity contribution in [2.45, 2.75) is 116 Å². The Hall–Kier alpha value is -1.89. The fourth-order valence-corrected chi connectivity index (χ4v) is 5.75. The zero-order valence-electron chi connectivity index (χ0n) is 20.8. The lowest BCUT2D eigenvalue weighted by Gasteiger charge is -2.33. The molecule has 0 spiro atoms. The molecule has 0 N–H and O–H groups in total. The number of benzene rings is 2. The van der Waals surface area contributed by atoms with Crippen LogP contribution in [0.2, 0.25) is 0 Å². The number of rotatable bonds is 15. The molecule has 0 unspecified atom stereocenters. The molecule has 0 fully saturated rings. The van der Waals surface area contributed by atoms with Gasteiger partial charge < -0.3 is 0 Å². The van der Waals surface area contributed by atoms with Gasteiger partial charge in [0.2, 0.25) is 0 Å². The van der Waals surface area contributed by atoms with E-state index in [9.17, 15) is 4.79 Å². The highest BCUT2D eigenvalue weighted by Gasteiger charge is 2.42. The molecule has 1 aliphatic rings. The Bertz CT molecular complexity index is 847. The zero-order chi connectivity index (χ0) is 22.8. The summed E-state index contributed by atoms with van der Waals surface area (Å²) in [7, 11) is 0. The fourth-order valence-electron chi connectivity index (χ4n) is 5.75. The van der Waals surface area contributed by atoms with Crippen LogP contribution in [0.1, 0.15) is 132 Å². The molecule has 0 amide bonds. The molecule has 2 aromatic rings. The number of hydrogen-bond donors (Lipinski definition) is 0. The third-order valence-electron chi connectivity index (χ3n) is 7.59. The molecule has 32 heavy (non-hydrogen) atoms. The van der Waals surface area contributed by atoms with E-state index < -0.39 is 0 Å². The summed E-state index contributed by atoms with van der Waals surface area (Å²) in [4.78, 5) is 12.3. The molecular formula is C31H44O. The summed E-state index contributed by atoms with van der Waals surface area (Å²) in [6, 6.07) is 15.5. The van der Waals surface area contributed by atoms with Crippen molar-refractivity contribution in [2.75, 3.05) is 0 Å². The molecule has 0 atom stereocenters. The Morgan fingerprint density at radius 2 is 1.19 bits per heavy atom. The van der Waals surface area contributed by atoms with Gasteiger partial charge in [0.1, 0.15) is 0 Å². The molecule has 0 aliphatic heterocycles. The number of carbonyl (C=O) groups is 1. The van der Waals surface area contributed by atoms with Gasteiger partial charge in [-0.3, -0.25) is 4.79 Å². The molecule has 0 aromatic heterocycles. The molecule has 0 radical (unpaired) electrons. The third kappa shape index (κ3) is 5.72. The highest BCUT2D eigenvalue weighted by Crippen LogP contribution is 2.54. The lowest BCUT2D eigenvalue weighted by Crippen LogP contribution is -2.25. The standard InChI is InChI=1S/C31H44O/c1-4-6-8-10-12-16-22-31(23-17-13-11-9-7-5-2)29-19-15-14-18-27(29)28-21-20-26(25(3)32)24-30(28)31/h14-15,18-21,24H,4-13,16-17,22-23H2,1-3H3. The quantitative estimate of drug-likeness (QED) is 0.202. The van der Waals surface area contributed by atoms with Gasteiger partial charge in [-0.05, 0) is 48.1 Å². The minimum Gasteiger partial charge on any atom is -0.295 e. The van der Waals surface area contributed by atoms with Gasteiger partial charge in [-0.1, -0.05) is 127 Å². The monoisotopic (exact) mass is 432 g/mol. The van der Waals surface area contributed by atoms with E-state index in [1.165, 1.54) is 112 Å². The summed E-state index contributed by atoms with van der Waals surface area (Å²) in [5, 5.41) is 0. The first-order chi connectivity index (χ1) is 15.6. The Morgan fingerprint density at radius 1 is 0.656 bits per heavy atom. The predicted octanol–water partition coefficient (Wildman–Crippen LogP) is 9.66. The zero-order valence-corrected chi connectivity index (χ0v) is 20.8. The Morgan fingerprint density at radius 3 is 1.78 bits per heavy atom. The highest BCUT2D eigenvalue weighted by molar-refractivity contribution is 5.96. The van der Waals surface area contributed by atoms with E-state index in [1.807, 2.05) is 6.07 Å². The first-order valence-corrected chi connectivity index (χ1v) is 13.4. The molecule has 1 heteroatoms. The van der Waals surface area contributed by atoms with Crippen LogP contribution < -0.4 is 0 Å². The van der Waals surface area contributed by atoms with Gasteiger partial charge in [0, 0.05) is 11.0 Å². The molecule has 3 rings (SSSR count). The van der Waals surface area contributed by atoms with E-state index in [4.69, 9.17) is 0 Å². The van der Waals surface area contributed by atoms with Crippen molar-refractivity contribution >= 4 is 5.78 Å². The normalized spacial score (nSPS) is 13.7. The largest absolute Gasteiger partial charge is 0.295 e. The van der Waals surface area contributed by atoms with Crippen LogP contribution in [0, 0.1) is 0 Å². The molecular weight excluding hydrogens is 388 g/mol. The average Bonchev–Trinajstić information content (AvgIpc) is 3.08. The minimum absolute atomic E-state index is 0.0763. The summed E-state index contributed by atoms with van der Waals surface area (Å²) >= 11 is 0. The number of hydrogen-bond acceptors (Lipinski definition) is 1. The molecule has 1 aliphatic carbocycles.